The van der Waals surface area contributed by atoms with E-state index in [-0.39, 0.29) is 26.3 Å². The molecule has 13 heteroatoms. The molecule has 2 aromatic carbocycles. The first-order valence-corrected chi connectivity index (χ1v) is 9.82. The van der Waals surface area contributed by atoms with Gasteiger partial charge in [0.25, 0.3) is 0 Å². The largest absolute Gasteiger partial charge is 0.423 e. The van der Waals surface area contributed by atoms with Crippen LogP contribution in [0.2, 0.25) is 15.1 Å². The van der Waals surface area contributed by atoms with Gasteiger partial charge in [0, 0.05) is 19.2 Å². The van der Waals surface area contributed by atoms with Crippen molar-refractivity contribution in [3.8, 4) is 0 Å². The third kappa shape index (κ3) is 5.92. The Balaban J connectivity index is 2.41. The Hall–Kier alpha value is -1.88. The van der Waals surface area contributed by atoms with Gasteiger partial charge in [0.1, 0.15) is 0 Å². The third-order valence-corrected chi connectivity index (χ3v) is 5.62. The van der Waals surface area contributed by atoms with E-state index >= 15 is 0 Å². The summed E-state index contributed by atoms with van der Waals surface area (Å²) in [6, 6.07) is 4.20. The molecule has 4 nitrogen and oxygen atoms in total. The van der Waals surface area contributed by atoms with E-state index in [9.17, 15) is 36.2 Å². The highest BCUT2D eigenvalue weighted by Crippen LogP contribution is 2.43. The van der Waals surface area contributed by atoms with Crippen LogP contribution in [0.15, 0.2) is 30.3 Å². The van der Waals surface area contributed by atoms with Crippen molar-refractivity contribution in [3.63, 3.8) is 0 Å². The van der Waals surface area contributed by atoms with E-state index in [1.165, 1.54) is 0 Å². The van der Waals surface area contributed by atoms with E-state index in [0.29, 0.717) is 6.07 Å². The number of hydrogen-bond donors (Lipinski definition) is 3. The second-order valence-electron chi connectivity index (χ2n) is 6.74. The number of benzene rings is 2. The molecule has 0 spiro atoms. The van der Waals surface area contributed by atoms with Gasteiger partial charge in [-0.1, -0.05) is 40.9 Å². The van der Waals surface area contributed by atoms with Crippen molar-refractivity contribution in [1.82, 2.24) is 5.32 Å². The Kier molecular flexibility index (Phi) is 7.87. The zero-order valence-electron chi connectivity index (χ0n) is 16.1. The molecule has 0 heterocycles. The van der Waals surface area contributed by atoms with Crippen LogP contribution in [0.5, 0.6) is 0 Å². The maximum Gasteiger partial charge on any atom is 0.423 e. The summed E-state index contributed by atoms with van der Waals surface area (Å²) >= 11 is 17.3. The number of amides is 1. The van der Waals surface area contributed by atoms with Crippen LogP contribution < -0.4 is 10.6 Å². The molecule has 1 atom stereocenters. The molecule has 0 aliphatic heterocycles. The number of rotatable bonds is 6. The van der Waals surface area contributed by atoms with Crippen LogP contribution in [0, 0.1) is 0 Å². The fraction of sp³-hybridized carbons (Fsp3) is 0.316. The molecule has 0 unspecified atom stereocenters. The van der Waals surface area contributed by atoms with Gasteiger partial charge in [0.05, 0.1) is 27.2 Å². The smallest absolute Gasteiger partial charge is 0.381 e. The predicted octanol–water partition coefficient (Wildman–Crippen LogP) is 6.16. The first-order valence-electron chi connectivity index (χ1n) is 8.69. The average Bonchev–Trinajstić information content (AvgIpc) is 2.66. The highest BCUT2D eigenvalue weighted by Gasteiger charge is 2.55. The molecule has 0 saturated carbocycles. The van der Waals surface area contributed by atoms with Crippen LogP contribution >= 0.6 is 34.8 Å². The number of alkyl halides is 6. The topological polar surface area (TPSA) is 61.4 Å². The molecule has 0 aliphatic carbocycles. The quantitative estimate of drug-likeness (QED) is 0.314. The zero-order valence-corrected chi connectivity index (χ0v) is 18.3. The van der Waals surface area contributed by atoms with Gasteiger partial charge in [0.15, 0.2) is 0 Å². The minimum atomic E-state index is -5.25. The minimum absolute atomic E-state index is 0.223. The molecule has 0 radical (unpaired) electrons. The first-order chi connectivity index (χ1) is 14.6. The zero-order chi connectivity index (χ0) is 24.5. The lowest BCUT2D eigenvalue weighted by atomic mass is 9.92. The summed E-state index contributed by atoms with van der Waals surface area (Å²) in [6.07, 6.45) is -10.1. The van der Waals surface area contributed by atoms with Crippen molar-refractivity contribution in [3.05, 3.63) is 62.1 Å². The number of anilines is 1. The standard InChI is InChI=1S/C19H15Cl3F6N2O2/c1-9(31)29-7-10-2-3-12(6-13(10)18(23,24)25)30-8-17(32,19(26,27)28)11-4-14(20)16(22)15(21)5-11/h2-6,30,32H,7-8H2,1H3,(H,29,31)/t17-/m1/s1. The summed E-state index contributed by atoms with van der Waals surface area (Å²) in [5, 5.41) is 13.9. The van der Waals surface area contributed by atoms with Crippen LogP contribution in [0.1, 0.15) is 23.6 Å². The van der Waals surface area contributed by atoms with Gasteiger partial charge < -0.3 is 15.7 Å². The van der Waals surface area contributed by atoms with E-state index in [4.69, 9.17) is 34.8 Å². The summed E-state index contributed by atoms with van der Waals surface area (Å²) in [5.41, 5.74) is -6.11. The lowest BCUT2D eigenvalue weighted by Gasteiger charge is -2.32. The van der Waals surface area contributed by atoms with E-state index in [1.807, 2.05) is 0 Å². The lowest BCUT2D eigenvalue weighted by molar-refractivity contribution is -0.260. The predicted molar refractivity (Wildman–Crippen MR) is 109 cm³/mol. The maximum absolute atomic E-state index is 13.7. The second-order valence-corrected chi connectivity index (χ2v) is 7.94. The van der Waals surface area contributed by atoms with Crippen molar-refractivity contribution in [2.75, 3.05) is 11.9 Å². The molecule has 0 bridgehead atoms. The molecule has 32 heavy (non-hydrogen) atoms. The maximum atomic E-state index is 13.7. The van der Waals surface area contributed by atoms with E-state index in [1.54, 1.807) is 0 Å². The molecule has 0 aliphatic rings. The molecule has 0 saturated heterocycles. The Morgan fingerprint density at radius 3 is 2.03 bits per heavy atom. The fourth-order valence-electron chi connectivity index (χ4n) is 2.71. The number of nitrogens with one attached hydrogen (secondary N) is 2. The number of halogens is 9. The molecule has 176 valence electrons. The molecule has 1 amide bonds. The summed E-state index contributed by atoms with van der Waals surface area (Å²) < 4.78 is 81.4. The van der Waals surface area contributed by atoms with Gasteiger partial charge in [0.2, 0.25) is 11.5 Å². The van der Waals surface area contributed by atoms with Gasteiger partial charge in [-0.15, -0.1) is 0 Å². The Morgan fingerprint density at radius 2 is 1.56 bits per heavy atom. The molecule has 0 aromatic heterocycles. The van der Waals surface area contributed by atoms with E-state index in [2.05, 4.69) is 10.6 Å². The van der Waals surface area contributed by atoms with E-state index in [0.717, 1.165) is 31.2 Å². The number of carbonyl (C=O) groups excluding carboxylic acids is 1. The van der Waals surface area contributed by atoms with Crippen molar-refractivity contribution in [1.29, 1.82) is 0 Å². The number of carbonyl (C=O) groups is 1. The molecular weight excluding hydrogens is 509 g/mol. The SMILES string of the molecule is CC(=O)NCc1ccc(NC[C@@](O)(c2cc(Cl)c(Cl)c(Cl)c2)C(F)(F)F)cc1C(F)(F)F. The van der Waals surface area contributed by atoms with Crippen LogP contribution in [0.4, 0.5) is 32.0 Å². The van der Waals surface area contributed by atoms with Gasteiger partial charge in [-0.3, -0.25) is 4.79 Å². The van der Waals surface area contributed by atoms with E-state index < -0.39 is 48.1 Å². The van der Waals surface area contributed by atoms with Gasteiger partial charge in [-0.2, -0.15) is 26.3 Å². The normalized spacial score (nSPS) is 14.1. The highest BCUT2D eigenvalue weighted by molar-refractivity contribution is 6.48. The molecule has 3 N–H and O–H groups in total. The van der Waals surface area contributed by atoms with Crippen LogP contribution in [-0.2, 0) is 23.1 Å². The first kappa shape index (κ1) is 26.4. The van der Waals surface area contributed by atoms with Crippen molar-refractivity contribution >= 4 is 46.4 Å². The van der Waals surface area contributed by atoms with Gasteiger partial charge in [-0.05, 0) is 35.4 Å². The van der Waals surface area contributed by atoms with Crippen molar-refractivity contribution < 1.29 is 36.2 Å². The van der Waals surface area contributed by atoms with Crippen molar-refractivity contribution in [2.45, 2.75) is 31.4 Å². The average molecular weight is 524 g/mol. The summed E-state index contributed by atoms with van der Waals surface area (Å²) in [6.45, 7) is -0.567. The Morgan fingerprint density at radius 1 is 1.00 bits per heavy atom. The number of hydrogen-bond acceptors (Lipinski definition) is 3. The molecule has 2 aromatic rings. The highest BCUT2D eigenvalue weighted by atomic mass is 35.5. The van der Waals surface area contributed by atoms with Crippen LogP contribution in [0.25, 0.3) is 0 Å². The third-order valence-electron chi connectivity index (χ3n) is 4.42. The molecule has 2 rings (SSSR count). The summed E-state index contributed by atoms with van der Waals surface area (Å²) in [4.78, 5) is 11.0. The number of aliphatic hydroxyl groups is 1. The van der Waals surface area contributed by atoms with Crippen LogP contribution in [-0.4, -0.2) is 23.7 Å². The lowest BCUT2D eigenvalue weighted by Crippen LogP contribution is -2.47. The monoisotopic (exact) mass is 522 g/mol. The minimum Gasteiger partial charge on any atom is -0.381 e. The molecule has 0 fully saturated rings. The summed E-state index contributed by atoms with van der Waals surface area (Å²) in [7, 11) is 0. The Bertz CT molecular complexity index is 991. The summed E-state index contributed by atoms with van der Waals surface area (Å²) in [5.74, 6) is -0.559. The van der Waals surface area contributed by atoms with Gasteiger partial charge >= 0.3 is 12.4 Å². The fourth-order valence-corrected chi connectivity index (χ4v) is 3.31. The van der Waals surface area contributed by atoms with Crippen LogP contribution in [0.3, 0.4) is 0 Å². The molecular formula is C19H15Cl3F6N2O2. The van der Waals surface area contributed by atoms with Gasteiger partial charge in [-0.25, -0.2) is 0 Å². The van der Waals surface area contributed by atoms with Crippen molar-refractivity contribution in [2.24, 2.45) is 0 Å². The Labute approximate surface area is 193 Å². The second kappa shape index (κ2) is 9.54.